The van der Waals surface area contributed by atoms with Gasteiger partial charge in [0, 0.05) is 10.3 Å². The molecule has 84 valence electrons. The zero-order valence-electron chi connectivity index (χ0n) is 8.97. The first-order valence-corrected chi connectivity index (χ1v) is 4.64. The highest BCUT2D eigenvalue weighted by atomic mass is 16.6. The van der Waals surface area contributed by atoms with E-state index in [-0.39, 0.29) is 5.76 Å². The van der Waals surface area contributed by atoms with Crippen molar-refractivity contribution in [2.24, 2.45) is 5.41 Å². The molecule has 0 radical (unpaired) electrons. The first kappa shape index (κ1) is 11.7. The van der Waals surface area contributed by atoms with E-state index in [2.05, 4.69) is 0 Å². The topological polar surface area (TPSA) is 83.6 Å². The molecule has 2 unspecified atom stereocenters. The van der Waals surface area contributed by atoms with E-state index >= 15 is 0 Å². The van der Waals surface area contributed by atoms with Gasteiger partial charge in [-0.2, -0.15) is 0 Å². The van der Waals surface area contributed by atoms with E-state index in [1.807, 2.05) is 0 Å². The number of nitro groups is 1. The molecule has 0 aromatic rings. The lowest BCUT2D eigenvalue weighted by molar-refractivity contribution is -0.585. The summed E-state index contributed by atoms with van der Waals surface area (Å²) in [6.45, 7) is 4.96. The molecule has 0 aliphatic heterocycles. The second kappa shape index (κ2) is 3.34. The van der Waals surface area contributed by atoms with Crippen molar-refractivity contribution in [3.63, 3.8) is 0 Å². The SMILES string of the molecule is CC(C)(C)C1([N+](=O)[O-])C=CC=C(O)C1O. The van der Waals surface area contributed by atoms with Crippen molar-refractivity contribution in [2.45, 2.75) is 32.4 Å². The second-order valence-corrected chi connectivity index (χ2v) is 4.69. The maximum atomic E-state index is 11.1. The number of nitrogens with zero attached hydrogens (tertiary/aromatic N) is 1. The Morgan fingerprint density at radius 1 is 1.53 bits per heavy atom. The Morgan fingerprint density at radius 2 is 2.07 bits per heavy atom. The molecule has 15 heavy (non-hydrogen) atoms. The Labute approximate surface area is 87.9 Å². The van der Waals surface area contributed by atoms with Crippen LogP contribution in [-0.4, -0.2) is 26.8 Å². The molecule has 0 amide bonds. The molecule has 1 aliphatic carbocycles. The van der Waals surface area contributed by atoms with Crippen LogP contribution in [0.4, 0.5) is 0 Å². The highest BCUT2D eigenvalue weighted by Crippen LogP contribution is 2.41. The number of rotatable bonds is 1. The van der Waals surface area contributed by atoms with Gasteiger partial charge < -0.3 is 10.2 Å². The highest BCUT2D eigenvalue weighted by Gasteiger charge is 2.59. The smallest absolute Gasteiger partial charge is 0.277 e. The van der Waals surface area contributed by atoms with Gasteiger partial charge in [0.1, 0.15) is 5.76 Å². The molecule has 0 saturated carbocycles. The van der Waals surface area contributed by atoms with Gasteiger partial charge in [0.15, 0.2) is 6.10 Å². The lowest BCUT2D eigenvalue weighted by Crippen LogP contribution is -2.58. The minimum absolute atomic E-state index is 0.371. The third kappa shape index (κ3) is 1.52. The van der Waals surface area contributed by atoms with Crippen LogP contribution in [-0.2, 0) is 0 Å². The van der Waals surface area contributed by atoms with Crippen molar-refractivity contribution in [3.8, 4) is 0 Å². The summed E-state index contributed by atoms with van der Waals surface area (Å²) < 4.78 is 0. The van der Waals surface area contributed by atoms with Crippen LogP contribution < -0.4 is 0 Å². The Kier molecular flexibility index (Phi) is 2.61. The average Bonchev–Trinajstić information content (AvgIpc) is 2.07. The fraction of sp³-hybridized carbons (Fsp3) is 0.600. The Morgan fingerprint density at radius 3 is 2.40 bits per heavy atom. The van der Waals surface area contributed by atoms with Gasteiger partial charge >= 0.3 is 0 Å². The molecule has 0 spiro atoms. The van der Waals surface area contributed by atoms with Crippen molar-refractivity contribution >= 4 is 0 Å². The van der Waals surface area contributed by atoms with Crippen LogP contribution in [0.25, 0.3) is 0 Å². The van der Waals surface area contributed by atoms with Gasteiger partial charge in [0.25, 0.3) is 5.54 Å². The summed E-state index contributed by atoms with van der Waals surface area (Å²) in [4.78, 5) is 10.6. The quantitative estimate of drug-likeness (QED) is 0.509. The van der Waals surface area contributed by atoms with Gasteiger partial charge in [-0.1, -0.05) is 26.8 Å². The van der Waals surface area contributed by atoms with Crippen molar-refractivity contribution < 1.29 is 15.1 Å². The normalized spacial score (nSPS) is 31.2. The van der Waals surface area contributed by atoms with Gasteiger partial charge in [-0.15, -0.1) is 0 Å². The Hall–Kier alpha value is -1.36. The molecule has 0 aromatic carbocycles. The molecule has 0 saturated heterocycles. The first-order chi connectivity index (χ1) is 6.73. The van der Waals surface area contributed by atoms with Gasteiger partial charge in [0.05, 0.1) is 0 Å². The lowest BCUT2D eigenvalue weighted by atomic mass is 9.68. The highest BCUT2D eigenvalue weighted by molar-refractivity contribution is 5.28. The third-order valence-corrected chi connectivity index (χ3v) is 2.82. The van der Waals surface area contributed by atoms with E-state index in [0.717, 1.165) is 0 Å². The molecule has 2 atom stereocenters. The summed E-state index contributed by atoms with van der Waals surface area (Å²) >= 11 is 0. The van der Waals surface area contributed by atoms with Crippen LogP contribution in [0, 0.1) is 15.5 Å². The van der Waals surface area contributed by atoms with Crippen LogP contribution in [0.1, 0.15) is 20.8 Å². The van der Waals surface area contributed by atoms with Crippen molar-refractivity contribution in [2.75, 3.05) is 0 Å². The van der Waals surface area contributed by atoms with E-state index < -0.39 is 22.0 Å². The number of hydrogen-bond donors (Lipinski definition) is 2. The van der Waals surface area contributed by atoms with Crippen LogP contribution in [0.2, 0.25) is 0 Å². The fourth-order valence-electron chi connectivity index (χ4n) is 1.80. The molecule has 5 heteroatoms. The van der Waals surface area contributed by atoms with Gasteiger partial charge in [-0.3, -0.25) is 10.1 Å². The first-order valence-electron chi connectivity index (χ1n) is 4.64. The average molecular weight is 213 g/mol. The van der Waals surface area contributed by atoms with Gasteiger partial charge in [-0.25, -0.2) is 0 Å². The molecule has 5 nitrogen and oxygen atoms in total. The lowest BCUT2D eigenvalue weighted by Gasteiger charge is -2.38. The largest absolute Gasteiger partial charge is 0.509 e. The number of aliphatic hydroxyl groups is 2. The number of hydrogen-bond acceptors (Lipinski definition) is 4. The summed E-state index contributed by atoms with van der Waals surface area (Å²) in [5.74, 6) is -0.371. The van der Waals surface area contributed by atoms with E-state index in [4.69, 9.17) is 0 Å². The van der Waals surface area contributed by atoms with Crippen LogP contribution in [0.5, 0.6) is 0 Å². The standard InChI is InChI=1S/C10H15NO4/c1-9(2,3)10(11(14)15)6-4-5-7(12)8(10)13/h4-6,8,12-13H,1-3H3. The number of aliphatic hydroxyl groups excluding tert-OH is 2. The summed E-state index contributed by atoms with van der Waals surface area (Å²) in [5, 5.41) is 30.3. The van der Waals surface area contributed by atoms with Crippen molar-refractivity contribution in [1.29, 1.82) is 0 Å². The van der Waals surface area contributed by atoms with Gasteiger partial charge in [0.2, 0.25) is 0 Å². The van der Waals surface area contributed by atoms with E-state index in [1.165, 1.54) is 18.2 Å². The molecular formula is C10H15NO4. The van der Waals surface area contributed by atoms with Crippen LogP contribution >= 0.6 is 0 Å². The van der Waals surface area contributed by atoms with Gasteiger partial charge in [-0.05, 0) is 12.2 Å². The Bertz CT molecular complexity index is 340. The molecule has 0 bridgehead atoms. The fourth-order valence-corrected chi connectivity index (χ4v) is 1.80. The molecule has 0 fully saturated rings. The van der Waals surface area contributed by atoms with E-state index in [1.54, 1.807) is 20.8 Å². The molecule has 1 rings (SSSR count). The minimum Gasteiger partial charge on any atom is -0.509 e. The predicted molar refractivity (Wildman–Crippen MR) is 55.0 cm³/mol. The second-order valence-electron chi connectivity index (χ2n) is 4.69. The predicted octanol–water partition coefficient (Wildman–Crippen LogP) is 1.42. The monoisotopic (exact) mass is 213 g/mol. The summed E-state index contributed by atoms with van der Waals surface area (Å²) in [6.07, 6.45) is 2.49. The van der Waals surface area contributed by atoms with Crippen LogP contribution in [0.3, 0.4) is 0 Å². The molecule has 0 aromatic heterocycles. The maximum absolute atomic E-state index is 11.1. The Balaban J connectivity index is 3.33. The molecule has 1 aliphatic rings. The zero-order valence-corrected chi connectivity index (χ0v) is 8.97. The van der Waals surface area contributed by atoms with E-state index in [9.17, 15) is 20.3 Å². The van der Waals surface area contributed by atoms with E-state index in [0.29, 0.717) is 0 Å². The zero-order chi connectivity index (χ0) is 11.9. The molecule has 2 N–H and O–H groups in total. The van der Waals surface area contributed by atoms with Crippen molar-refractivity contribution in [3.05, 3.63) is 34.1 Å². The number of allylic oxidation sites excluding steroid dienone is 2. The van der Waals surface area contributed by atoms with Crippen LogP contribution in [0.15, 0.2) is 24.0 Å². The summed E-state index contributed by atoms with van der Waals surface area (Å²) in [6, 6.07) is 0. The summed E-state index contributed by atoms with van der Waals surface area (Å²) in [5.41, 5.74) is -2.47. The van der Waals surface area contributed by atoms with Crippen molar-refractivity contribution in [1.82, 2.24) is 0 Å². The third-order valence-electron chi connectivity index (χ3n) is 2.82. The summed E-state index contributed by atoms with van der Waals surface area (Å²) in [7, 11) is 0. The maximum Gasteiger partial charge on any atom is 0.277 e. The molecule has 0 heterocycles. The molecular weight excluding hydrogens is 198 g/mol. The minimum atomic E-state index is -1.67.